The summed E-state index contributed by atoms with van der Waals surface area (Å²) in [5.41, 5.74) is -3.72. The second kappa shape index (κ2) is 7.08. The molecular formula is C17H16F3NOS. The van der Waals surface area contributed by atoms with Gasteiger partial charge in [-0.15, -0.1) is 0 Å². The highest BCUT2D eigenvalue weighted by atomic mass is 32.2. The Labute approximate surface area is 137 Å². The molecule has 0 spiro atoms. The summed E-state index contributed by atoms with van der Waals surface area (Å²) in [6, 6.07) is 18.3. The van der Waals surface area contributed by atoms with Crippen molar-refractivity contribution >= 4 is 17.7 Å². The van der Waals surface area contributed by atoms with Crippen LogP contribution in [-0.2, 0) is 10.3 Å². The van der Waals surface area contributed by atoms with E-state index in [2.05, 4.69) is 5.32 Å². The second-order valence-corrected chi connectivity index (χ2v) is 6.18. The summed E-state index contributed by atoms with van der Waals surface area (Å²) >= 11 is -0.339. The number of alkyl halides is 3. The average Bonchev–Trinajstić information content (AvgIpc) is 2.54. The molecule has 6 heteroatoms. The minimum atomic E-state index is -4.42. The van der Waals surface area contributed by atoms with Crippen molar-refractivity contribution in [2.75, 3.05) is 5.75 Å². The molecule has 0 bridgehead atoms. The van der Waals surface area contributed by atoms with Crippen molar-refractivity contribution in [1.29, 1.82) is 0 Å². The Kier molecular flexibility index (Phi) is 5.36. The maximum absolute atomic E-state index is 12.3. The zero-order valence-electron chi connectivity index (χ0n) is 12.4. The molecule has 0 saturated heterocycles. The zero-order valence-corrected chi connectivity index (χ0v) is 13.2. The molecule has 0 aliphatic carbocycles. The van der Waals surface area contributed by atoms with E-state index in [4.69, 9.17) is 0 Å². The van der Waals surface area contributed by atoms with Crippen LogP contribution >= 0.6 is 11.8 Å². The van der Waals surface area contributed by atoms with Crippen molar-refractivity contribution in [2.24, 2.45) is 0 Å². The van der Waals surface area contributed by atoms with Crippen molar-refractivity contribution in [3.63, 3.8) is 0 Å². The van der Waals surface area contributed by atoms with Crippen molar-refractivity contribution < 1.29 is 18.0 Å². The fourth-order valence-electron chi connectivity index (χ4n) is 2.32. The van der Waals surface area contributed by atoms with Gasteiger partial charge in [-0.25, -0.2) is 0 Å². The molecule has 0 radical (unpaired) electrons. The molecule has 0 aliphatic rings. The van der Waals surface area contributed by atoms with E-state index in [-0.39, 0.29) is 11.8 Å². The van der Waals surface area contributed by atoms with Crippen molar-refractivity contribution in [2.45, 2.75) is 18.0 Å². The highest BCUT2D eigenvalue weighted by Crippen LogP contribution is 2.32. The topological polar surface area (TPSA) is 29.1 Å². The summed E-state index contributed by atoms with van der Waals surface area (Å²) in [6.07, 6.45) is 0. The van der Waals surface area contributed by atoms with Crippen LogP contribution in [0.2, 0.25) is 0 Å². The lowest BCUT2D eigenvalue weighted by atomic mass is 9.84. The van der Waals surface area contributed by atoms with Crippen molar-refractivity contribution in [3.8, 4) is 0 Å². The van der Waals surface area contributed by atoms with Gasteiger partial charge in [-0.3, -0.25) is 4.79 Å². The fraction of sp³-hybridized carbons (Fsp3) is 0.235. The van der Waals surface area contributed by atoms with Gasteiger partial charge in [-0.2, -0.15) is 13.2 Å². The molecule has 122 valence electrons. The molecule has 1 N–H and O–H groups in total. The molecule has 0 aromatic heterocycles. The molecular weight excluding hydrogens is 323 g/mol. The van der Waals surface area contributed by atoms with E-state index < -0.39 is 22.7 Å². The van der Waals surface area contributed by atoms with Crippen LogP contribution in [0.1, 0.15) is 18.1 Å². The van der Waals surface area contributed by atoms with Crippen molar-refractivity contribution in [1.82, 2.24) is 5.32 Å². The first kappa shape index (κ1) is 17.4. The van der Waals surface area contributed by atoms with E-state index in [1.54, 1.807) is 6.92 Å². The van der Waals surface area contributed by atoms with Crippen LogP contribution in [0.15, 0.2) is 60.7 Å². The van der Waals surface area contributed by atoms with Crippen LogP contribution in [-0.4, -0.2) is 17.2 Å². The summed E-state index contributed by atoms with van der Waals surface area (Å²) in [5.74, 6) is -1.33. The summed E-state index contributed by atoms with van der Waals surface area (Å²) < 4.78 is 36.8. The summed E-state index contributed by atoms with van der Waals surface area (Å²) in [6.45, 7) is 1.79. The lowest BCUT2D eigenvalue weighted by molar-refractivity contribution is -0.120. The van der Waals surface area contributed by atoms with E-state index >= 15 is 0 Å². The van der Waals surface area contributed by atoms with Gasteiger partial charge in [-0.05, 0) is 29.8 Å². The van der Waals surface area contributed by atoms with Gasteiger partial charge in [0.25, 0.3) is 0 Å². The lowest BCUT2D eigenvalue weighted by Crippen LogP contribution is -2.45. The van der Waals surface area contributed by atoms with Crippen molar-refractivity contribution in [3.05, 3.63) is 71.8 Å². The number of benzene rings is 2. The van der Waals surface area contributed by atoms with Crippen LogP contribution in [0.25, 0.3) is 0 Å². The number of amides is 1. The highest BCUT2D eigenvalue weighted by molar-refractivity contribution is 8.00. The molecule has 2 aromatic carbocycles. The minimum Gasteiger partial charge on any atom is -0.342 e. The van der Waals surface area contributed by atoms with Gasteiger partial charge in [0, 0.05) is 0 Å². The maximum atomic E-state index is 12.3. The van der Waals surface area contributed by atoms with Crippen LogP contribution in [0.3, 0.4) is 0 Å². The normalized spacial score (nSPS) is 12.0. The Hall–Kier alpha value is -1.95. The zero-order chi connectivity index (χ0) is 16.9. The maximum Gasteiger partial charge on any atom is 0.442 e. The molecule has 23 heavy (non-hydrogen) atoms. The first-order chi connectivity index (χ1) is 10.8. The smallest absolute Gasteiger partial charge is 0.342 e. The number of halogens is 3. The average molecular weight is 339 g/mol. The second-order valence-electron chi connectivity index (χ2n) is 5.14. The van der Waals surface area contributed by atoms with E-state index in [0.717, 1.165) is 11.1 Å². The third-order valence-corrected chi connectivity index (χ3v) is 4.19. The molecule has 1 amide bonds. The van der Waals surface area contributed by atoms with E-state index in [1.807, 2.05) is 60.7 Å². The third kappa shape index (κ3) is 4.76. The van der Waals surface area contributed by atoms with Crippen LogP contribution in [0.5, 0.6) is 0 Å². The monoisotopic (exact) mass is 339 g/mol. The van der Waals surface area contributed by atoms with Gasteiger partial charge >= 0.3 is 5.51 Å². The third-order valence-electron chi connectivity index (χ3n) is 3.46. The summed E-state index contributed by atoms with van der Waals surface area (Å²) in [7, 11) is 0. The van der Waals surface area contributed by atoms with Gasteiger partial charge in [0.05, 0.1) is 11.3 Å². The predicted molar refractivity (Wildman–Crippen MR) is 86.0 cm³/mol. The highest BCUT2D eigenvalue weighted by Gasteiger charge is 2.33. The SMILES string of the molecule is CC(NC(=O)CSC(F)(F)F)(c1ccccc1)c1ccccc1. The number of hydrogen-bond donors (Lipinski definition) is 1. The van der Waals surface area contributed by atoms with E-state index in [9.17, 15) is 18.0 Å². The molecule has 0 saturated carbocycles. The van der Waals surface area contributed by atoms with Crippen LogP contribution in [0.4, 0.5) is 13.2 Å². The van der Waals surface area contributed by atoms with Gasteiger partial charge in [-0.1, -0.05) is 60.7 Å². The van der Waals surface area contributed by atoms with E-state index in [1.165, 1.54) is 0 Å². The largest absolute Gasteiger partial charge is 0.442 e. The van der Waals surface area contributed by atoms with E-state index in [0.29, 0.717) is 0 Å². The molecule has 0 heterocycles. The number of carbonyl (C=O) groups excluding carboxylic acids is 1. The summed E-state index contributed by atoms with van der Waals surface area (Å²) in [5, 5.41) is 2.74. The quantitative estimate of drug-likeness (QED) is 0.879. The Morgan fingerprint density at radius 3 is 1.78 bits per heavy atom. The summed E-state index contributed by atoms with van der Waals surface area (Å²) in [4.78, 5) is 12.0. The molecule has 0 unspecified atom stereocenters. The Balaban J connectivity index is 2.27. The Bertz CT molecular complexity index is 604. The Morgan fingerprint density at radius 1 is 0.957 bits per heavy atom. The molecule has 2 nitrogen and oxygen atoms in total. The Morgan fingerprint density at radius 2 is 1.39 bits per heavy atom. The number of nitrogens with one attached hydrogen (secondary N) is 1. The molecule has 2 rings (SSSR count). The fourth-order valence-corrected chi connectivity index (χ4v) is 2.68. The van der Waals surface area contributed by atoms with Gasteiger partial charge in [0.1, 0.15) is 0 Å². The number of carbonyl (C=O) groups is 1. The van der Waals surface area contributed by atoms with Crippen LogP contribution < -0.4 is 5.32 Å². The standard InChI is InChI=1S/C17H16F3NOS/c1-16(13-8-4-2-5-9-13,14-10-6-3-7-11-14)21-15(22)12-23-17(18,19)20/h2-11H,12H2,1H3,(H,21,22). The molecule has 0 aliphatic heterocycles. The van der Waals surface area contributed by atoms with Gasteiger partial charge in [0.2, 0.25) is 5.91 Å². The molecule has 0 fully saturated rings. The van der Waals surface area contributed by atoms with Gasteiger partial charge in [0.15, 0.2) is 0 Å². The minimum absolute atomic E-state index is 0.339. The number of rotatable bonds is 5. The first-order valence-corrected chi connectivity index (χ1v) is 7.92. The predicted octanol–water partition coefficient (Wildman–Crippen LogP) is 4.32. The van der Waals surface area contributed by atoms with Crippen LogP contribution in [0, 0.1) is 0 Å². The van der Waals surface area contributed by atoms with Gasteiger partial charge < -0.3 is 5.32 Å². The molecule has 2 aromatic rings. The molecule has 0 atom stereocenters. The first-order valence-electron chi connectivity index (χ1n) is 6.94. The lowest BCUT2D eigenvalue weighted by Gasteiger charge is -2.32. The number of hydrogen-bond acceptors (Lipinski definition) is 2. The number of thioether (sulfide) groups is 1.